The van der Waals surface area contributed by atoms with Crippen LogP contribution in [0.4, 0.5) is 13.2 Å². The second-order valence-electron chi connectivity index (χ2n) is 5.03. The summed E-state index contributed by atoms with van der Waals surface area (Å²) in [5.74, 6) is -0.309. The van der Waals surface area contributed by atoms with Crippen LogP contribution in [-0.2, 0) is 6.61 Å². The van der Waals surface area contributed by atoms with E-state index in [9.17, 15) is 13.2 Å². The number of hydrogen-bond donors (Lipinski definition) is 0. The molecule has 7 nitrogen and oxygen atoms in total. The molecule has 0 amide bonds. The van der Waals surface area contributed by atoms with Gasteiger partial charge < -0.3 is 9.47 Å². The van der Waals surface area contributed by atoms with Crippen molar-refractivity contribution in [1.82, 2.24) is 25.0 Å². The lowest BCUT2D eigenvalue weighted by molar-refractivity contribution is -0.274. The third-order valence-corrected chi connectivity index (χ3v) is 2.98. The van der Waals surface area contributed by atoms with Crippen LogP contribution >= 0.6 is 0 Å². The van der Waals surface area contributed by atoms with Crippen LogP contribution in [0, 0.1) is 6.92 Å². The number of aryl methyl sites for hydroxylation is 1. The van der Waals surface area contributed by atoms with Crippen molar-refractivity contribution in [2.24, 2.45) is 0 Å². The van der Waals surface area contributed by atoms with Gasteiger partial charge in [0.05, 0.1) is 11.9 Å². The standard InChI is InChI=1S/C15H12F3N5O2/c1-10-6-19-14(20-7-10)24-9-11-8-23(22-21-11)12-2-4-13(5-3-12)25-15(16,17)18/h2-8H,9H2,1H3. The van der Waals surface area contributed by atoms with Gasteiger partial charge in [0, 0.05) is 12.4 Å². The first-order valence-corrected chi connectivity index (χ1v) is 7.08. The van der Waals surface area contributed by atoms with Crippen molar-refractivity contribution >= 4 is 0 Å². The second-order valence-corrected chi connectivity index (χ2v) is 5.03. The van der Waals surface area contributed by atoms with Crippen molar-refractivity contribution in [1.29, 1.82) is 0 Å². The average Bonchev–Trinajstić information content (AvgIpc) is 3.02. The third kappa shape index (κ3) is 4.66. The summed E-state index contributed by atoms with van der Waals surface area (Å²) in [6.07, 6.45) is 0.124. The molecule has 0 bridgehead atoms. The van der Waals surface area contributed by atoms with Gasteiger partial charge in [0.15, 0.2) is 0 Å². The van der Waals surface area contributed by atoms with E-state index in [2.05, 4.69) is 25.0 Å². The van der Waals surface area contributed by atoms with Gasteiger partial charge in [-0.15, -0.1) is 18.3 Å². The number of ether oxygens (including phenoxy) is 2. The monoisotopic (exact) mass is 351 g/mol. The number of aromatic nitrogens is 5. The highest BCUT2D eigenvalue weighted by molar-refractivity contribution is 5.36. The van der Waals surface area contributed by atoms with E-state index < -0.39 is 6.36 Å². The molecule has 0 aliphatic heterocycles. The van der Waals surface area contributed by atoms with Crippen LogP contribution in [0.3, 0.4) is 0 Å². The number of benzene rings is 1. The first-order chi connectivity index (χ1) is 11.9. The highest BCUT2D eigenvalue weighted by Crippen LogP contribution is 2.23. The number of nitrogens with zero attached hydrogens (tertiary/aromatic N) is 5. The molecule has 0 unspecified atom stereocenters. The minimum absolute atomic E-state index is 0.109. The van der Waals surface area contributed by atoms with Gasteiger partial charge in [0.25, 0.3) is 0 Å². The number of rotatable bonds is 5. The lowest BCUT2D eigenvalue weighted by Gasteiger charge is -2.08. The van der Waals surface area contributed by atoms with Crippen LogP contribution in [0.1, 0.15) is 11.3 Å². The summed E-state index contributed by atoms with van der Waals surface area (Å²) in [7, 11) is 0. The molecule has 0 saturated heterocycles. The molecule has 25 heavy (non-hydrogen) atoms. The molecule has 0 saturated carbocycles. The molecule has 0 atom stereocenters. The molecule has 0 spiro atoms. The summed E-state index contributed by atoms with van der Waals surface area (Å²) in [4.78, 5) is 8.01. The van der Waals surface area contributed by atoms with Crippen molar-refractivity contribution in [3.8, 4) is 17.4 Å². The van der Waals surface area contributed by atoms with Crippen LogP contribution in [-0.4, -0.2) is 31.3 Å². The fraction of sp³-hybridized carbons (Fsp3) is 0.200. The molecule has 2 aromatic heterocycles. The number of halogens is 3. The Hall–Kier alpha value is -3.17. The minimum atomic E-state index is -4.72. The molecular weight excluding hydrogens is 339 g/mol. The van der Waals surface area contributed by atoms with Crippen LogP contribution in [0.5, 0.6) is 11.8 Å². The van der Waals surface area contributed by atoms with Gasteiger partial charge in [0.2, 0.25) is 0 Å². The van der Waals surface area contributed by atoms with E-state index in [0.717, 1.165) is 5.56 Å². The van der Waals surface area contributed by atoms with Gasteiger partial charge in [-0.2, -0.15) is 0 Å². The lowest BCUT2D eigenvalue weighted by Crippen LogP contribution is -2.17. The highest BCUT2D eigenvalue weighted by atomic mass is 19.4. The van der Waals surface area contributed by atoms with Gasteiger partial charge in [-0.3, -0.25) is 0 Å². The van der Waals surface area contributed by atoms with E-state index in [1.807, 2.05) is 6.92 Å². The molecule has 10 heteroatoms. The molecule has 0 N–H and O–H groups in total. The summed E-state index contributed by atoms with van der Waals surface area (Å²) < 4.78 is 47.0. The van der Waals surface area contributed by atoms with Crippen LogP contribution in [0.15, 0.2) is 42.9 Å². The Morgan fingerprint density at radius 2 is 1.76 bits per heavy atom. The number of hydrogen-bond acceptors (Lipinski definition) is 6. The van der Waals surface area contributed by atoms with Crippen LogP contribution in [0.25, 0.3) is 5.69 Å². The Balaban J connectivity index is 1.63. The molecule has 3 rings (SSSR count). The van der Waals surface area contributed by atoms with Crippen molar-refractivity contribution < 1.29 is 22.6 Å². The zero-order valence-electron chi connectivity index (χ0n) is 12.9. The van der Waals surface area contributed by atoms with E-state index in [-0.39, 0.29) is 18.4 Å². The van der Waals surface area contributed by atoms with Gasteiger partial charge >= 0.3 is 12.4 Å². The maximum absolute atomic E-state index is 12.1. The summed E-state index contributed by atoms with van der Waals surface area (Å²) in [6.45, 7) is 1.97. The quantitative estimate of drug-likeness (QED) is 0.704. The van der Waals surface area contributed by atoms with E-state index >= 15 is 0 Å². The predicted molar refractivity (Wildman–Crippen MR) is 79.1 cm³/mol. The normalized spacial score (nSPS) is 11.4. The molecule has 0 aliphatic rings. The fourth-order valence-corrected chi connectivity index (χ4v) is 1.89. The van der Waals surface area contributed by atoms with E-state index in [4.69, 9.17) is 4.74 Å². The van der Waals surface area contributed by atoms with Gasteiger partial charge in [-0.25, -0.2) is 14.6 Å². The summed E-state index contributed by atoms with van der Waals surface area (Å²) in [5, 5.41) is 7.83. The minimum Gasteiger partial charge on any atom is -0.457 e. The maximum atomic E-state index is 12.1. The molecular formula is C15H12F3N5O2. The Labute approximate surface area is 140 Å². The lowest BCUT2D eigenvalue weighted by atomic mass is 10.3. The predicted octanol–water partition coefficient (Wildman–Crippen LogP) is 2.84. The first kappa shape index (κ1) is 16.7. The van der Waals surface area contributed by atoms with E-state index in [1.54, 1.807) is 18.6 Å². The fourth-order valence-electron chi connectivity index (χ4n) is 1.89. The Kier molecular flexibility index (Phi) is 4.50. The topological polar surface area (TPSA) is 75.0 Å². The summed E-state index contributed by atoms with van der Waals surface area (Å²) >= 11 is 0. The van der Waals surface area contributed by atoms with Crippen molar-refractivity contribution in [2.75, 3.05) is 0 Å². The van der Waals surface area contributed by atoms with E-state index in [0.29, 0.717) is 11.4 Å². The molecule has 130 valence electrons. The Morgan fingerprint density at radius 1 is 1.08 bits per heavy atom. The molecule has 0 aliphatic carbocycles. The van der Waals surface area contributed by atoms with Gasteiger partial charge in [-0.1, -0.05) is 5.21 Å². The second kappa shape index (κ2) is 6.75. The van der Waals surface area contributed by atoms with Crippen molar-refractivity contribution in [3.63, 3.8) is 0 Å². The Bertz CT molecular complexity index is 832. The largest absolute Gasteiger partial charge is 0.573 e. The smallest absolute Gasteiger partial charge is 0.457 e. The maximum Gasteiger partial charge on any atom is 0.573 e. The van der Waals surface area contributed by atoms with Gasteiger partial charge in [-0.05, 0) is 36.8 Å². The average molecular weight is 351 g/mol. The molecule has 3 aromatic rings. The first-order valence-electron chi connectivity index (χ1n) is 7.08. The summed E-state index contributed by atoms with van der Waals surface area (Å²) in [6, 6.07) is 5.48. The van der Waals surface area contributed by atoms with Gasteiger partial charge in [0.1, 0.15) is 18.1 Å². The Morgan fingerprint density at radius 3 is 2.40 bits per heavy atom. The van der Waals surface area contributed by atoms with Crippen LogP contribution in [0.2, 0.25) is 0 Å². The molecule has 0 radical (unpaired) electrons. The van der Waals surface area contributed by atoms with E-state index in [1.165, 1.54) is 28.9 Å². The van der Waals surface area contributed by atoms with Crippen molar-refractivity contribution in [3.05, 3.63) is 54.1 Å². The zero-order valence-corrected chi connectivity index (χ0v) is 12.9. The molecule has 0 fully saturated rings. The number of alkyl halides is 3. The zero-order chi connectivity index (χ0) is 17.9. The molecule has 2 heterocycles. The van der Waals surface area contributed by atoms with Crippen LogP contribution < -0.4 is 9.47 Å². The van der Waals surface area contributed by atoms with Crippen molar-refractivity contribution in [2.45, 2.75) is 19.9 Å². The molecule has 1 aromatic carbocycles. The summed E-state index contributed by atoms with van der Waals surface area (Å²) in [5.41, 5.74) is 1.95. The highest BCUT2D eigenvalue weighted by Gasteiger charge is 2.30. The SMILES string of the molecule is Cc1cnc(OCc2cn(-c3ccc(OC(F)(F)F)cc3)nn2)nc1. The third-order valence-electron chi connectivity index (χ3n) is 2.98.